The van der Waals surface area contributed by atoms with Gasteiger partial charge in [-0.15, -0.1) is 0 Å². The number of carbonyl (C=O) groups excluding carboxylic acids is 1. The van der Waals surface area contributed by atoms with Crippen LogP contribution in [0.5, 0.6) is 11.5 Å². The van der Waals surface area contributed by atoms with Crippen LogP contribution in [0, 0.1) is 0 Å². The molecule has 1 fully saturated rings. The lowest BCUT2D eigenvalue weighted by Gasteiger charge is -2.34. The molecular weight excluding hydrogens is 370 g/mol. The van der Waals surface area contributed by atoms with Gasteiger partial charge in [0.05, 0.1) is 25.0 Å². The average molecular weight is 395 g/mol. The number of hydrogen-bond acceptors (Lipinski definition) is 6. The molecule has 0 aliphatic carbocycles. The lowest BCUT2D eigenvalue weighted by molar-refractivity contribution is -0.130. The zero-order chi connectivity index (χ0) is 20.1. The van der Waals surface area contributed by atoms with Crippen molar-refractivity contribution in [1.29, 1.82) is 0 Å². The number of nitrogens with zero attached hydrogens (tertiary/aromatic N) is 2. The normalized spacial score (nSPS) is 20.7. The van der Waals surface area contributed by atoms with Crippen LogP contribution < -0.4 is 14.9 Å². The Morgan fingerprint density at radius 2 is 1.76 bits per heavy atom. The summed E-state index contributed by atoms with van der Waals surface area (Å²) in [5.74, 6) is 0.885. The number of fused-ring (bicyclic) bond motifs is 1. The zero-order valence-corrected chi connectivity index (χ0v) is 16.4. The van der Waals surface area contributed by atoms with Crippen LogP contribution in [-0.4, -0.2) is 55.5 Å². The highest BCUT2D eigenvalue weighted by atomic mass is 16.6. The second-order valence-corrected chi connectivity index (χ2v) is 7.06. The molecule has 2 heterocycles. The molecule has 0 aromatic heterocycles. The second-order valence-electron chi connectivity index (χ2n) is 7.06. The Kier molecular flexibility index (Phi) is 6.07. The number of benzene rings is 2. The summed E-state index contributed by atoms with van der Waals surface area (Å²) in [6.07, 6.45) is -0.736. The largest absolute Gasteiger partial charge is 0.485 e. The van der Waals surface area contributed by atoms with E-state index in [1.54, 1.807) is 6.07 Å². The van der Waals surface area contributed by atoms with Crippen molar-refractivity contribution in [3.05, 3.63) is 60.2 Å². The molecule has 0 radical (unpaired) electrons. The van der Waals surface area contributed by atoms with Gasteiger partial charge in [0.1, 0.15) is 6.61 Å². The standard InChI is InChI=1S/C22H25N3O4/c1-16(21(17-7-3-2-4-8-17)25-11-13-27-14-12-25)23-24-22(26)20-15-28-18-9-5-6-10-19(18)29-20/h2-10,20-21H,11-15H2,1H3,(H,24,26)/b23-16-/t20-,21+/m1/s1. The minimum atomic E-state index is -0.736. The van der Waals surface area contributed by atoms with Crippen LogP contribution in [0.1, 0.15) is 18.5 Å². The van der Waals surface area contributed by atoms with Crippen molar-refractivity contribution >= 4 is 11.6 Å². The summed E-state index contributed by atoms with van der Waals surface area (Å²) < 4.78 is 16.9. The molecule has 2 aliphatic heterocycles. The summed E-state index contributed by atoms with van der Waals surface area (Å²) in [7, 11) is 0. The molecule has 1 N–H and O–H groups in total. The van der Waals surface area contributed by atoms with E-state index in [0.717, 1.165) is 24.4 Å². The van der Waals surface area contributed by atoms with Crippen molar-refractivity contribution in [1.82, 2.24) is 10.3 Å². The number of nitrogens with one attached hydrogen (secondary N) is 1. The van der Waals surface area contributed by atoms with Gasteiger partial charge in [0, 0.05) is 13.1 Å². The first-order valence-electron chi connectivity index (χ1n) is 9.81. The first-order chi connectivity index (χ1) is 14.2. The Morgan fingerprint density at radius 3 is 2.52 bits per heavy atom. The Hall–Kier alpha value is -2.90. The Balaban J connectivity index is 1.46. The number of ether oxygens (including phenoxy) is 3. The smallest absolute Gasteiger partial charge is 0.284 e. The molecule has 7 heteroatoms. The van der Waals surface area contributed by atoms with E-state index in [4.69, 9.17) is 14.2 Å². The summed E-state index contributed by atoms with van der Waals surface area (Å²) >= 11 is 0. The second kappa shape index (κ2) is 9.07. The molecule has 1 saturated heterocycles. The van der Waals surface area contributed by atoms with Crippen LogP contribution in [0.25, 0.3) is 0 Å². The van der Waals surface area contributed by atoms with Crippen LogP contribution >= 0.6 is 0 Å². The maximum atomic E-state index is 12.6. The van der Waals surface area contributed by atoms with Crippen molar-refractivity contribution in [3.8, 4) is 11.5 Å². The minimum Gasteiger partial charge on any atom is -0.485 e. The predicted molar refractivity (Wildman–Crippen MR) is 109 cm³/mol. The highest BCUT2D eigenvalue weighted by Crippen LogP contribution is 2.31. The van der Waals surface area contributed by atoms with Crippen LogP contribution in [0.3, 0.4) is 0 Å². The molecule has 0 spiro atoms. The lowest BCUT2D eigenvalue weighted by atomic mass is 10.0. The van der Waals surface area contributed by atoms with Gasteiger partial charge in [0.25, 0.3) is 5.91 Å². The number of carbonyl (C=O) groups is 1. The van der Waals surface area contributed by atoms with Crippen molar-refractivity contribution in [3.63, 3.8) is 0 Å². The van der Waals surface area contributed by atoms with E-state index in [0.29, 0.717) is 24.7 Å². The van der Waals surface area contributed by atoms with Crippen molar-refractivity contribution < 1.29 is 19.0 Å². The molecule has 152 valence electrons. The third-order valence-electron chi connectivity index (χ3n) is 5.07. The monoisotopic (exact) mass is 395 g/mol. The fourth-order valence-corrected chi connectivity index (χ4v) is 3.61. The van der Waals surface area contributed by atoms with Gasteiger partial charge in [0.2, 0.25) is 6.10 Å². The van der Waals surface area contributed by atoms with Crippen molar-refractivity contribution in [2.24, 2.45) is 5.10 Å². The summed E-state index contributed by atoms with van der Waals surface area (Å²) in [5, 5.41) is 4.41. The average Bonchev–Trinajstić information content (AvgIpc) is 2.79. The highest BCUT2D eigenvalue weighted by Gasteiger charge is 2.28. The third-order valence-corrected chi connectivity index (χ3v) is 5.07. The van der Waals surface area contributed by atoms with Crippen LogP contribution in [-0.2, 0) is 9.53 Å². The summed E-state index contributed by atoms with van der Waals surface area (Å²) in [4.78, 5) is 14.9. The molecule has 29 heavy (non-hydrogen) atoms. The van der Waals surface area contributed by atoms with Gasteiger partial charge in [-0.1, -0.05) is 42.5 Å². The van der Waals surface area contributed by atoms with E-state index in [1.807, 2.05) is 43.3 Å². The number of para-hydroxylation sites is 2. The molecule has 2 aliphatic rings. The molecular formula is C22H25N3O4. The van der Waals surface area contributed by atoms with E-state index in [-0.39, 0.29) is 18.6 Å². The predicted octanol–water partition coefficient (Wildman–Crippen LogP) is 2.39. The number of amides is 1. The third kappa shape index (κ3) is 4.58. The summed E-state index contributed by atoms with van der Waals surface area (Å²) in [5.41, 5.74) is 4.60. The fourth-order valence-electron chi connectivity index (χ4n) is 3.61. The molecule has 2 atom stereocenters. The van der Waals surface area contributed by atoms with E-state index in [2.05, 4.69) is 27.6 Å². The zero-order valence-electron chi connectivity index (χ0n) is 16.4. The van der Waals surface area contributed by atoms with Crippen molar-refractivity contribution in [2.75, 3.05) is 32.9 Å². The van der Waals surface area contributed by atoms with Gasteiger partial charge in [-0.3, -0.25) is 9.69 Å². The van der Waals surface area contributed by atoms with Crippen LogP contribution in [0.4, 0.5) is 0 Å². The molecule has 1 amide bonds. The lowest BCUT2D eigenvalue weighted by Crippen LogP contribution is -2.44. The van der Waals surface area contributed by atoms with E-state index in [1.165, 1.54) is 0 Å². The van der Waals surface area contributed by atoms with Gasteiger partial charge in [-0.25, -0.2) is 5.43 Å². The van der Waals surface area contributed by atoms with Gasteiger partial charge in [-0.05, 0) is 24.6 Å². The summed E-state index contributed by atoms with van der Waals surface area (Å²) in [6.45, 7) is 5.10. The topological polar surface area (TPSA) is 72.4 Å². The number of morpholine rings is 1. The molecule has 0 unspecified atom stereocenters. The first kappa shape index (κ1) is 19.4. The fraction of sp³-hybridized carbons (Fsp3) is 0.364. The van der Waals surface area contributed by atoms with Crippen LogP contribution in [0.15, 0.2) is 59.7 Å². The first-order valence-corrected chi connectivity index (χ1v) is 9.81. The molecule has 0 bridgehead atoms. The number of hydrogen-bond donors (Lipinski definition) is 1. The number of hydrazone groups is 1. The van der Waals surface area contributed by atoms with Gasteiger partial charge >= 0.3 is 0 Å². The Morgan fingerprint density at radius 1 is 1.07 bits per heavy atom. The molecule has 4 rings (SSSR count). The number of rotatable bonds is 5. The van der Waals surface area contributed by atoms with Crippen LogP contribution in [0.2, 0.25) is 0 Å². The maximum absolute atomic E-state index is 12.6. The molecule has 2 aromatic rings. The maximum Gasteiger partial charge on any atom is 0.284 e. The SMILES string of the molecule is C/C(=N/NC(=O)[C@H]1COc2ccccc2O1)[C@@H](c1ccccc1)N1CCOCC1. The Labute approximate surface area is 170 Å². The minimum absolute atomic E-state index is 0.0235. The highest BCUT2D eigenvalue weighted by molar-refractivity contribution is 5.90. The van der Waals surface area contributed by atoms with Gasteiger partial charge < -0.3 is 14.2 Å². The molecule has 0 saturated carbocycles. The van der Waals surface area contributed by atoms with E-state index in [9.17, 15) is 4.79 Å². The van der Waals surface area contributed by atoms with E-state index < -0.39 is 6.10 Å². The molecule has 7 nitrogen and oxygen atoms in total. The Bertz CT molecular complexity index is 865. The quantitative estimate of drug-likeness (QED) is 0.622. The van der Waals surface area contributed by atoms with E-state index >= 15 is 0 Å². The summed E-state index contributed by atoms with van der Waals surface area (Å²) in [6, 6.07) is 17.5. The van der Waals surface area contributed by atoms with Gasteiger partial charge in [-0.2, -0.15) is 5.10 Å². The molecule has 2 aromatic carbocycles. The van der Waals surface area contributed by atoms with Gasteiger partial charge in [0.15, 0.2) is 11.5 Å². The van der Waals surface area contributed by atoms with Crippen molar-refractivity contribution in [2.45, 2.75) is 19.1 Å².